The second-order valence-corrected chi connectivity index (χ2v) is 9.56. The zero-order valence-electron chi connectivity index (χ0n) is 18.2. The van der Waals surface area contributed by atoms with E-state index in [4.69, 9.17) is 15.5 Å². The molecule has 168 valence electrons. The quantitative estimate of drug-likeness (QED) is 0.224. The number of halogens is 1. The van der Waals surface area contributed by atoms with E-state index in [9.17, 15) is 0 Å². The maximum atomic E-state index is 6.08. The molecule has 7 nitrogen and oxygen atoms in total. The predicted octanol–water partition coefficient (Wildman–Crippen LogP) is 5.12. The van der Waals surface area contributed by atoms with Crippen molar-refractivity contribution in [3.05, 3.63) is 28.1 Å². The van der Waals surface area contributed by atoms with Crippen molar-refractivity contribution < 1.29 is 4.74 Å². The van der Waals surface area contributed by atoms with E-state index >= 15 is 0 Å². The van der Waals surface area contributed by atoms with Gasteiger partial charge in [0.1, 0.15) is 12.1 Å². The Hall–Kier alpha value is -1.59. The minimum absolute atomic E-state index is 0.413. The van der Waals surface area contributed by atoms with Crippen molar-refractivity contribution in [2.45, 2.75) is 62.0 Å². The van der Waals surface area contributed by atoms with Crippen LogP contribution in [0.4, 0.5) is 5.82 Å². The van der Waals surface area contributed by atoms with Gasteiger partial charge in [-0.05, 0) is 66.7 Å². The molecule has 31 heavy (non-hydrogen) atoms. The molecular weight excluding hydrogens is 523 g/mol. The maximum Gasteiger partial charge on any atom is 0.175 e. The van der Waals surface area contributed by atoms with Gasteiger partial charge in [-0.1, -0.05) is 44.4 Å². The van der Waals surface area contributed by atoms with Crippen molar-refractivity contribution in [1.29, 1.82) is 0 Å². The summed E-state index contributed by atoms with van der Waals surface area (Å²) in [6.07, 6.45) is 9.02. The number of hydrogen-bond donors (Lipinski definition) is 2. The number of nitrogens with two attached hydrogens (primary N) is 1. The third-order valence-electron chi connectivity index (χ3n) is 5.06. The number of fused-ring (bicyclic) bond motifs is 1. The van der Waals surface area contributed by atoms with E-state index in [1.54, 1.807) is 18.9 Å². The van der Waals surface area contributed by atoms with Crippen LogP contribution in [0.3, 0.4) is 0 Å². The molecule has 0 saturated carbocycles. The van der Waals surface area contributed by atoms with Gasteiger partial charge in [-0.3, -0.25) is 0 Å². The topological polar surface area (TPSA) is 90.9 Å². The Bertz CT molecular complexity index is 980. The fraction of sp³-hybridized carbons (Fsp3) is 0.500. The van der Waals surface area contributed by atoms with E-state index < -0.39 is 0 Å². The van der Waals surface area contributed by atoms with Crippen LogP contribution in [0.2, 0.25) is 0 Å². The number of nitrogen functional groups attached to an aromatic ring is 1. The van der Waals surface area contributed by atoms with E-state index in [-0.39, 0.29) is 0 Å². The number of hydrogen-bond acceptors (Lipinski definition) is 7. The second-order valence-electron chi connectivity index (χ2n) is 7.39. The SMILES string of the molecule is CCCCCCCNCCCn1c(Sc2cc(OC)ccc2I)nc2c(N)ncnc21. The lowest BCUT2D eigenvalue weighted by molar-refractivity contribution is 0.413. The number of aryl methyl sites for hydroxylation is 1. The van der Waals surface area contributed by atoms with Gasteiger partial charge < -0.3 is 20.4 Å². The van der Waals surface area contributed by atoms with Gasteiger partial charge in [0.05, 0.1) is 7.11 Å². The molecule has 0 aliphatic carbocycles. The number of methoxy groups -OCH3 is 1. The molecule has 0 radical (unpaired) electrons. The van der Waals surface area contributed by atoms with Crippen molar-refractivity contribution in [2.75, 3.05) is 25.9 Å². The molecule has 3 N–H and O–H groups in total. The lowest BCUT2D eigenvalue weighted by Gasteiger charge is -2.11. The number of imidazole rings is 1. The number of unbranched alkanes of at least 4 members (excludes halogenated alkanes) is 4. The van der Waals surface area contributed by atoms with Crippen LogP contribution in [-0.2, 0) is 6.54 Å². The van der Waals surface area contributed by atoms with Crippen LogP contribution in [0, 0.1) is 3.57 Å². The second kappa shape index (κ2) is 12.4. The highest BCUT2D eigenvalue weighted by Crippen LogP contribution is 2.35. The molecule has 0 amide bonds. The summed E-state index contributed by atoms with van der Waals surface area (Å²) < 4.78 is 8.69. The number of aromatic nitrogens is 4. The first-order valence-electron chi connectivity index (χ1n) is 10.8. The van der Waals surface area contributed by atoms with E-state index in [1.165, 1.54) is 38.4 Å². The molecule has 0 spiro atoms. The summed E-state index contributed by atoms with van der Waals surface area (Å²) in [5.41, 5.74) is 7.53. The third-order valence-corrected chi connectivity index (χ3v) is 7.42. The normalized spacial score (nSPS) is 11.3. The molecule has 9 heteroatoms. The van der Waals surface area contributed by atoms with Gasteiger partial charge >= 0.3 is 0 Å². The van der Waals surface area contributed by atoms with Gasteiger partial charge in [-0.2, -0.15) is 0 Å². The number of rotatable bonds is 13. The summed E-state index contributed by atoms with van der Waals surface area (Å²) >= 11 is 3.94. The van der Waals surface area contributed by atoms with Crippen LogP contribution in [-0.4, -0.2) is 39.7 Å². The molecule has 3 rings (SSSR count). The van der Waals surface area contributed by atoms with Crippen LogP contribution < -0.4 is 15.8 Å². The number of nitrogens with zero attached hydrogens (tertiary/aromatic N) is 4. The lowest BCUT2D eigenvalue weighted by atomic mass is 10.1. The molecule has 0 aliphatic heterocycles. The average Bonchev–Trinajstić information content (AvgIpc) is 3.12. The molecular formula is C22H31IN6OS. The predicted molar refractivity (Wildman–Crippen MR) is 136 cm³/mol. The van der Waals surface area contributed by atoms with Crippen LogP contribution in [0.25, 0.3) is 11.2 Å². The largest absolute Gasteiger partial charge is 0.497 e. The number of ether oxygens (including phenoxy) is 1. The Balaban J connectivity index is 1.68. The zero-order chi connectivity index (χ0) is 22.1. The maximum absolute atomic E-state index is 6.08. The minimum atomic E-state index is 0.413. The summed E-state index contributed by atoms with van der Waals surface area (Å²) in [4.78, 5) is 14.4. The van der Waals surface area contributed by atoms with Gasteiger partial charge in [-0.25, -0.2) is 15.0 Å². The summed E-state index contributed by atoms with van der Waals surface area (Å²) in [6, 6.07) is 6.05. The van der Waals surface area contributed by atoms with E-state index in [2.05, 4.69) is 49.4 Å². The smallest absolute Gasteiger partial charge is 0.175 e. The summed E-state index contributed by atoms with van der Waals surface area (Å²) in [6.45, 7) is 5.11. The molecule has 0 saturated heterocycles. The molecule has 0 unspecified atom stereocenters. The molecule has 0 aliphatic rings. The van der Waals surface area contributed by atoms with Gasteiger partial charge in [0, 0.05) is 15.0 Å². The molecule has 0 bridgehead atoms. The van der Waals surface area contributed by atoms with Crippen molar-refractivity contribution in [3.63, 3.8) is 0 Å². The van der Waals surface area contributed by atoms with Crippen molar-refractivity contribution in [1.82, 2.24) is 24.8 Å². The van der Waals surface area contributed by atoms with Crippen LogP contribution in [0.5, 0.6) is 5.75 Å². The zero-order valence-corrected chi connectivity index (χ0v) is 21.2. The summed E-state index contributed by atoms with van der Waals surface area (Å²) in [7, 11) is 1.68. The number of benzene rings is 1. The lowest BCUT2D eigenvalue weighted by Crippen LogP contribution is -2.18. The standard InChI is InChI=1S/C22H31IN6OS/c1-3-4-5-6-7-11-25-12-8-13-29-21-19(20(24)26-15-27-21)28-22(29)31-18-14-16(30-2)9-10-17(18)23/h9-10,14-15,25H,3-8,11-13H2,1-2H3,(H2,24,26,27). The molecule has 2 aromatic heterocycles. The number of anilines is 1. The van der Waals surface area contributed by atoms with E-state index in [0.29, 0.717) is 11.3 Å². The highest BCUT2D eigenvalue weighted by molar-refractivity contribution is 14.1. The van der Waals surface area contributed by atoms with Gasteiger partial charge in [0.2, 0.25) is 0 Å². The Morgan fingerprint density at radius 1 is 1.13 bits per heavy atom. The van der Waals surface area contributed by atoms with Crippen molar-refractivity contribution >= 4 is 51.3 Å². The highest BCUT2D eigenvalue weighted by atomic mass is 127. The Morgan fingerprint density at radius 3 is 2.74 bits per heavy atom. The highest BCUT2D eigenvalue weighted by Gasteiger charge is 2.17. The Morgan fingerprint density at radius 2 is 1.94 bits per heavy atom. The summed E-state index contributed by atoms with van der Waals surface area (Å²) in [5, 5.41) is 4.43. The Labute approximate surface area is 202 Å². The van der Waals surface area contributed by atoms with Crippen molar-refractivity contribution in [2.24, 2.45) is 0 Å². The first kappa shape index (κ1) is 24.1. The molecule has 0 fully saturated rings. The average molecular weight is 555 g/mol. The van der Waals surface area contributed by atoms with Crippen molar-refractivity contribution in [3.8, 4) is 5.75 Å². The minimum Gasteiger partial charge on any atom is -0.497 e. The number of nitrogens with one attached hydrogen (secondary N) is 1. The fourth-order valence-corrected chi connectivity index (χ4v) is 4.97. The van der Waals surface area contributed by atoms with E-state index in [0.717, 1.165) is 51.1 Å². The molecule has 2 heterocycles. The van der Waals surface area contributed by atoms with Gasteiger partial charge in [0.15, 0.2) is 22.1 Å². The third kappa shape index (κ3) is 6.69. The Kier molecular flexibility index (Phi) is 9.66. The summed E-state index contributed by atoms with van der Waals surface area (Å²) in [5.74, 6) is 1.24. The molecule has 0 atom stereocenters. The first-order valence-corrected chi connectivity index (χ1v) is 12.7. The van der Waals surface area contributed by atoms with Gasteiger partial charge in [0.25, 0.3) is 0 Å². The van der Waals surface area contributed by atoms with Crippen LogP contribution in [0.1, 0.15) is 45.4 Å². The van der Waals surface area contributed by atoms with Crippen LogP contribution >= 0.6 is 34.4 Å². The fourth-order valence-electron chi connectivity index (χ4n) is 3.34. The molecule has 3 aromatic rings. The van der Waals surface area contributed by atoms with E-state index in [1.807, 2.05) is 18.2 Å². The first-order chi connectivity index (χ1) is 15.1. The molecule has 1 aromatic carbocycles. The van der Waals surface area contributed by atoms with Gasteiger partial charge in [-0.15, -0.1) is 0 Å². The van der Waals surface area contributed by atoms with Crippen LogP contribution in [0.15, 0.2) is 34.6 Å². The monoisotopic (exact) mass is 554 g/mol.